The molecule has 0 aromatic heterocycles. The van der Waals surface area contributed by atoms with Crippen LogP contribution in [-0.4, -0.2) is 55.5 Å². The van der Waals surface area contributed by atoms with E-state index in [0.717, 1.165) is 22.3 Å². The van der Waals surface area contributed by atoms with Gasteiger partial charge in [-0.3, -0.25) is 4.79 Å². The van der Waals surface area contributed by atoms with E-state index in [1.807, 2.05) is 36.4 Å². The quantitative estimate of drug-likeness (QED) is 0.375. The highest BCUT2D eigenvalue weighted by Gasteiger charge is 2.29. The molecule has 0 aliphatic heterocycles. The van der Waals surface area contributed by atoms with Gasteiger partial charge in [-0.1, -0.05) is 48.5 Å². The molecule has 9 heteroatoms. The summed E-state index contributed by atoms with van der Waals surface area (Å²) in [5.74, 6) is -1.61. The number of hydrogen-bond donors (Lipinski definition) is 3. The fraction of sp³-hybridized carbons (Fsp3) is 0.385. The topological polar surface area (TPSA) is 138 Å². The average molecular weight is 480 g/mol. The smallest absolute Gasteiger partial charge is 0.407 e. The zero-order valence-electron chi connectivity index (χ0n) is 19.4. The average Bonchev–Trinajstić information content (AvgIpc) is 3.18. The molecule has 35 heavy (non-hydrogen) atoms. The summed E-state index contributed by atoms with van der Waals surface area (Å²) in [6, 6.07) is 17.2. The number of unbranched alkanes of at least 4 members (excludes halogenated alkanes) is 2. The molecular weight excluding hydrogens is 450 g/mol. The Morgan fingerprint density at radius 2 is 1.69 bits per heavy atom. The highest BCUT2D eigenvalue weighted by atomic mass is 16.5. The van der Waals surface area contributed by atoms with E-state index in [4.69, 9.17) is 19.8 Å². The first kappa shape index (κ1) is 25.7. The van der Waals surface area contributed by atoms with E-state index >= 15 is 0 Å². The molecule has 0 radical (unpaired) electrons. The Kier molecular flexibility index (Phi) is 9.63. The molecule has 1 unspecified atom stereocenters. The number of ether oxygens (including phenoxy) is 2. The van der Waals surface area contributed by atoms with Gasteiger partial charge in [0.2, 0.25) is 5.91 Å². The van der Waals surface area contributed by atoms with Gasteiger partial charge in [0.15, 0.2) is 0 Å². The molecule has 1 atom stereocenters. The fourth-order valence-corrected chi connectivity index (χ4v) is 4.13. The summed E-state index contributed by atoms with van der Waals surface area (Å²) < 4.78 is 10.5. The van der Waals surface area contributed by atoms with Crippen LogP contribution in [0.4, 0.5) is 4.79 Å². The first-order valence-electron chi connectivity index (χ1n) is 11.6. The predicted octanol–water partition coefficient (Wildman–Crippen LogP) is 3.20. The van der Waals surface area contributed by atoms with Crippen molar-refractivity contribution in [1.29, 1.82) is 5.26 Å². The van der Waals surface area contributed by atoms with Crippen LogP contribution in [0.1, 0.15) is 42.7 Å². The number of carboxylic acid groups (broad SMARTS) is 1. The molecule has 184 valence electrons. The van der Waals surface area contributed by atoms with Crippen molar-refractivity contribution in [3.05, 3.63) is 59.7 Å². The van der Waals surface area contributed by atoms with E-state index in [0.29, 0.717) is 25.7 Å². The number of alkyl carbamates (subject to hydrolysis) is 1. The van der Waals surface area contributed by atoms with E-state index in [1.165, 1.54) is 0 Å². The molecule has 0 fully saturated rings. The van der Waals surface area contributed by atoms with Crippen molar-refractivity contribution < 1.29 is 29.0 Å². The van der Waals surface area contributed by atoms with E-state index in [1.54, 1.807) is 0 Å². The number of benzene rings is 2. The zero-order valence-corrected chi connectivity index (χ0v) is 19.4. The maximum absolute atomic E-state index is 12.6. The van der Waals surface area contributed by atoms with Gasteiger partial charge >= 0.3 is 12.1 Å². The Hall–Kier alpha value is -3.90. The Morgan fingerprint density at radius 3 is 2.31 bits per heavy atom. The molecular formula is C26H29N3O6. The van der Waals surface area contributed by atoms with Crippen molar-refractivity contribution in [2.24, 2.45) is 0 Å². The Morgan fingerprint density at radius 1 is 1.03 bits per heavy atom. The van der Waals surface area contributed by atoms with Crippen LogP contribution in [0.25, 0.3) is 11.1 Å². The molecule has 2 amide bonds. The summed E-state index contributed by atoms with van der Waals surface area (Å²) in [5.41, 5.74) is 4.43. The van der Waals surface area contributed by atoms with Gasteiger partial charge in [-0.2, -0.15) is 5.26 Å². The molecule has 3 N–H and O–H groups in total. The van der Waals surface area contributed by atoms with Crippen LogP contribution < -0.4 is 10.6 Å². The third kappa shape index (κ3) is 7.29. The second-order valence-corrected chi connectivity index (χ2v) is 8.16. The lowest BCUT2D eigenvalue weighted by molar-refractivity contribution is -0.142. The van der Waals surface area contributed by atoms with E-state index in [2.05, 4.69) is 28.8 Å². The van der Waals surface area contributed by atoms with Crippen LogP contribution in [-0.2, 0) is 19.1 Å². The van der Waals surface area contributed by atoms with Crippen molar-refractivity contribution in [3.8, 4) is 17.2 Å². The number of fused-ring (bicyclic) bond motifs is 3. The lowest BCUT2D eigenvalue weighted by Crippen LogP contribution is -2.47. The van der Waals surface area contributed by atoms with E-state index in [-0.39, 0.29) is 25.7 Å². The van der Waals surface area contributed by atoms with Crippen LogP contribution in [0.3, 0.4) is 0 Å². The second-order valence-electron chi connectivity index (χ2n) is 8.16. The Balaban J connectivity index is 1.56. The highest BCUT2D eigenvalue weighted by molar-refractivity contribution is 5.85. The second kappa shape index (κ2) is 13.1. The van der Waals surface area contributed by atoms with E-state index < -0.39 is 30.6 Å². The summed E-state index contributed by atoms with van der Waals surface area (Å²) in [4.78, 5) is 35.7. The minimum atomic E-state index is -1.09. The maximum Gasteiger partial charge on any atom is 0.407 e. The molecule has 3 rings (SSSR count). The number of aliphatic carboxylic acids is 1. The monoisotopic (exact) mass is 479 g/mol. The standard InChI is InChI=1S/C26H29N3O6/c27-13-7-1-2-12-23(25(32)28-14-15-34-17-24(30)31)29-26(33)35-16-22-20-10-5-3-8-18(20)19-9-4-6-11-21(19)22/h3-6,8-11,22-23H,1-2,7,12,14-17H2,(H,28,32)(H,29,33)(H,30,31). The first-order chi connectivity index (χ1) is 17.0. The number of carboxylic acids is 1. The number of nitriles is 1. The summed E-state index contributed by atoms with van der Waals surface area (Å²) in [6.45, 7) is -0.186. The Labute approximate surface area is 204 Å². The molecule has 9 nitrogen and oxygen atoms in total. The summed E-state index contributed by atoms with van der Waals surface area (Å²) in [6.07, 6.45) is 1.18. The number of rotatable bonds is 13. The van der Waals surface area contributed by atoms with Crippen molar-refractivity contribution in [2.45, 2.75) is 37.6 Å². The molecule has 0 bridgehead atoms. The molecule has 1 aliphatic rings. The molecule has 2 aromatic carbocycles. The molecule has 0 heterocycles. The van der Waals surface area contributed by atoms with Crippen molar-refractivity contribution in [3.63, 3.8) is 0 Å². The minimum Gasteiger partial charge on any atom is -0.480 e. The molecule has 0 saturated heterocycles. The number of carbonyl (C=O) groups excluding carboxylic acids is 2. The number of nitrogens with zero attached hydrogens (tertiary/aromatic N) is 1. The zero-order chi connectivity index (χ0) is 25.0. The van der Waals surface area contributed by atoms with Crippen LogP contribution in [0, 0.1) is 11.3 Å². The lowest BCUT2D eigenvalue weighted by Gasteiger charge is -2.20. The minimum absolute atomic E-state index is 0.0319. The van der Waals surface area contributed by atoms with Crippen molar-refractivity contribution >= 4 is 18.0 Å². The van der Waals surface area contributed by atoms with E-state index in [9.17, 15) is 14.4 Å². The summed E-state index contributed by atoms with van der Waals surface area (Å²) >= 11 is 0. The summed E-state index contributed by atoms with van der Waals surface area (Å²) in [5, 5.41) is 22.6. The number of hydrogen-bond acceptors (Lipinski definition) is 6. The number of carbonyl (C=O) groups is 3. The fourth-order valence-electron chi connectivity index (χ4n) is 4.13. The normalized spacial score (nSPS) is 12.7. The van der Waals surface area contributed by atoms with Gasteiger partial charge in [-0.25, -0.2) is 9.59 Å². The van der Waals surface area contributed by atoms with Crippen LogP contribution >= 0.6 is 0 Å². The maximum atomic E-state index is 12.6. The van der Waals surface area contributed by atoms with Crippen molar-refractivity contribution in [1.82, 2.24) is 10.6 Å². The Bertz CT molecular complexity index is 1040. The molecule has 1 aliphatic carbocycles. The largest absolute Gasteiger partial charge is 0.480 e. The number of nitrogens with one attached hydrogen (secondary N) is 2. The van der Waals surface area contributed by atoms with Gasteiger partial charge in [0.05, 0.1) is 12.7 Å². The van der Waals surface area contributed by atoms with Gasteiger partial charge in [0.1, 0.15) is 19.3 Å². The molecule has 0 saturated carbocycles. The molecule has 2 aromatic rings. The van der Waals surface area contributed by atoms with Gasteiger partial charge < -0.3 is 25.2 Å². The SMILES string of the molecule is N#CCCCCC(NC(=O)OCC1c2ccccc2-c2ccccc21)C(=O)NCCOCC(=O)O. The molecule has 0 spiro atoms. The summed E-state index contributed by atoms with van der Waals surface area (Å²) in [7, 11) is 0. The van der Waals surface area contributed by atoms with Gasteiger partial charge in [-0.05, 0) is 41.5 Å². The van der Waals surface area contributed by atoms with Crippen LogP contribution in [0.5, 0.6) is 0 Å². The predicted molar refractivity (Wildman–Crippen MR) is 128 cm³/mol. The highest BCUT2D eigenvalue weighted by Crippen LogP contribution is 2.44. The third-order valence-corrected chi connectivity index (χ3v) is 5.75. The van der Waals surface area contributed by atoms with Crippen molar-refractivity contribution in [2.75, 3.05) is 26.4 Å². The van der Waals surface area contributed by atoms with Gasteiger partial charge in [0, 0.05) is 18.9 Å². The van der Waals surface area contributed by atoms with Gasteiger partial charge in [-0.15, -0.1) is 0 Å². The first-order valence-corrected chi connectivity index (χ1v) is 11.6. The third-order valence-electron chi connectivity index (χ3n) is 5.75. The number of amides is 2. The van der Waals surface area contributed by atoms with Crippen LogP contribution in [0.2, 0.25) is 0 Å². The van der Waals surface area contributed by atoms with Crippen LogP contribution in [0.15, 0.2) is 48.5 Å². The lowest BCUT2D eigenvalue weighted by atomic mass is 9.98. The van der Waals surface area contributed by atoms with Gasteiger partial charge in [0.25, 0.3) is 0 Å².